The van der Waals surface area contributed by atoms with Crippen LogP contribution in [0.5, 0.6) is 0 Å². The van der Waals surface area contributed by atoms with Gasteiger partial charge in [-0.05, 0) is 24.8 Å². The first-order chi connectivity index (χ1) is 10.8. The first-order valence-corrected chi connectivity index (χ1v) is 7.92. The minimum Gasteiger partial charge on any atom is -0.370 e. The van der Waals surface area contributed by atoms with Crippen LogP contribution in [0, 0.1) is 0 Å². The highest BCUT2D eigenvalue weighted by atomic mass is 15.3. The summed E-state index contributed by atoms with van der Waals surface area (Å²) in [5.74, 6) is 1.60. The van der Waals surface area contributed by atoms with Crippen molar-refractivity contribution in [2.45, 2.75) is 32.4 Å². The second-order valence-corrected chi connectivity index (χ2v) is 5.68. The van der Waals surface area contributed by atoms with Crippen molar-refractivity contribution in [3.8, 4) is 0 Å². The zero-order chi connectivity index (χ0) is 15.2. The van der Waals surface area contributed by atoms with Crippen LogP contribution in [0.1, 0.15) is 30.7 Å². The van der Waals surface area contributed by atoms with E-state index >= 15 is 0 Å². The molecule has 2 heterocycles. The maximum Gasteiger partial charge on any atom is 0.191 e. The van der Waals surface area contributed by atoms with Gasteiger partial charge < -0.3 is 15.2 Å². The molecule has 5 nitrogen and oxygen atoms in total. The lowest BCUT2D eigenvalue weighted by Gasteiger charge is -2.27. The van der Waals surface area contributed by atoms with Crippen LogP contribution >= 0.6 is 0 Å². The highest BCUT2D eigenvalue weighted by Crippen LogP contribution is 2.09. The van der Waals surface area contributed by atoms with Crippen molar-refractivity contribution in [2.75, 3.05) is 13.1 Å². The Kier molecular flexibility index (Phi) is 4.73. The summed E-state index contributed by atoms with van der Waals surface area (Å²) >= 11 is 0. The predicted molar refractivity (Wildman–Crippen MR) is 88.5 cm³/mol. The first-order valence-electron chi connectivity index (χ1n) is 7.92. The van der Waals surface area contributed by atoms with E-state index in [1.165, 1.54) is 24.8 Å². The third-order valence-corrected chi connectivity index (χ3v) is 4.06. The molecule has 1 aromatic heterocycles. The number of imidazole rings is 1. The molecule has 22 heavy (non-hydrogen) atoms. The molecule has 1 aliphatic heterocycles. The molecule has 0 amide bonds. The van der Waals surface area contributed by atoms with Gasteiger partial charge in [-0.2, -0.15) is 0 Å². The molecule has 0 aliphatic carbocycles. The molecule has 3 rings (SSSR count). The summed E-state index contributed by atoms with van der Waals surface area (Å²) in [6.45, 7) is 3.39. The molecule has 1 saturated heterocycles. The molecule has 1 aromatic carbocycles. The lowest BCUT2D eigenvalue weighted by molar-refractivity contribution is 0.338. The maximum absolute atomic E-state index is 6.11. The van der Waals surface area contributed by atoms with Crippen LogP contribution in [-0.4, -0.2) is 33.5 Å². The molecule has 0 spiro atoms. The average molecular weight is 297 g/mol. The van der Waals surface area contributed by atoms with Crippen molar-refractivity contribution < 1.29 is 0 Å². The summed E-state index contributed by atoms with van der Waals surface area (Å²) in [5.41, 5.74) is 7.37. The lowest BCUT2D eigenvalue weighted by atomic mass is 10.1. The van der Waals surface area contributed by atoms with Crippen LogP contribution < -0.4 is 5.73 Å². The standard InChI is InChI=1S/C17H23N5/c18-17(21-10-5-2-6-11-21)20-13-16-19-9-12-22(16)14-15-7-3-1-4-8-15/h1,3-4,7-9,12H,2,5-6,10-11,13-14H2,(H2,18,20). The Morgan fingerprint density at radius 3 is 2.68 bits per heavy atom. The van der Waals surface area contributed by atoms with Gasteiger partial charge in [-0.3, -0.25) is 0 Å². The van der Waals surface area contributed by atoms with E-state index in [0.29, 0.717) is 12.5 Å². The molecule has 0 unspecified atom stereocenters. The van der Waals surface area contributed by atoms with Gasteiger partial charge in [-0.15, -0.1) is 0 Å². The van der Waals surface area contributed by atoms with Gasteiger partial charge in [0.1, 0.15) is 12.4 Å². The number of rotatable bonds is 4. The number of likely N-dealkylation sites (tertiary alicyclic amines) is 1. The molecule has 2 N–H and O–H groups in total. The fourth-order valence-electron chi connectivity index (χ4n) is 2.79. The Morgan fingerprint density at radius 2 is 1.91 bits per heavy atom. The molecule has 0 bridgehead atoms. The lowest BCUT2D eigenvalue weighted by Crippen LogP contribution is -2.40. The van der Waals surface area contributed by atoms with Crippen LogP contribution in [0.3, 0.4) is 0 Å². The average Bonchev–Trinajstić information content (AvgIpc) is 3.01. The maximum atomic E-state index is 6.11. The smallest absolute Gasteiger partial charge is 0.191 e. The SMILES string of the molecule is NC(=NCc1nccn1Cc1ccccc1)N1CCCCC1. The summed E-state index contributed by atoms with van der Waals surface area (Å²) in [7, 11) is 0. The van der Waals surface area contributed by atoms with Gasteiger partial charge in [0.25, 0.3) is 0 Å². The van der Waals surface area contributed by atoms with Gasteiger partial charge in [0.05, 0.1) is 0 Å². The van der Waals surface area contributed by atoms with Crippen molar-refractivity contribution in [3.05, 3.63) is 54.1 Å². The molecular weight excluding hydrogens is 274 g/mol. The number of nitrogens with two attached hydrogens (primary N) is 1. The Balaban J connectivity index is 1.64. The van der Waals surface area contributed by atoms with E-state index in [4.69, 9.17) is 5.73 Å². The fraction of sp³-hybridized carbons (Fsp3) is 0.412. The minimum atomic E-state index is 0.530. The van der Waals surface area contributed by atoms with Crippen molar-refractivity contribution in [1.82, 2.24) is 14.5 Å². The summed E-state index contributed by atoms with van der Waals surface area (Å²) in [5, 5.41) is 0. The number of guanidine groups is 1. The molecule has 116 valence electrons. The predicted octanol–water partition coefficient (Wildman–Crippen LogP) is 2.23. The summed E-state index contributed by atoms with van der Waals surface area (Å²) in [6.07, 6.45) is 7.53. The van der Waals surface area contributed by atoms with E-state index in [0.717, 1.165) is 25.5 Å². The number of piperidine rings is 1. The van der Waals surface area contributed by atoms with Crippen LogP contribution in [0.25, 0.3) is 0 Å². The van der Waals surface area contributed by atoms with Crippen molar-refractivity contribution in [1.29, 1.82) is 0 Å². The van der Waals surface area contributed by atoms with Gasteiger partial charge in [-0.1, -0.05) is 30.3 Å². The Labute approximate surface area is 131 Å². The Bertz CT molecular complexity index is 611. The quantitative estimate of drug-likeness (QED) is 0.695. The second-order valence-electron chi connectivity index (χ2n) is 5.68. The van der Waals surface area contributed by atoms with Gasteiger partial charge in [0.15, 0.2) is 5.96 Å². The molecule has 5 heteroatoms. The van der Waals surface area contributed by atoms with Crippen molar-refractivity contribution in [2.24, 2.45) is 10.7 Å². The highest BCUT2D eigenvalue weighted by Gasteiger charge is 2.12. The molecule has 1 fully saturated rings. The van der Waals surface area contributed by atoms with Gasteiger partial charge in [0, 0.05) is 32.0 Å². The molecule has 2 aromatic rings. The molecule has 0 radical (unpaired) electrons. The minimum absolute atomic E-state index is 0.530. The monoisotopic (exact) mass is 297 g/mol. The first kappa shape index (κ1) is 14.6. The van der Waals surface area contributed by atoms with Crippen molar-refractivity contribution in [3.63, 3.8) is 0 Å². The number of hydrogen-bond donors (Lipinski definition) is 1. The second kappa shape index (κ2) is 7.11. The Hall–Kier alpha value is -2.30. The van der Waals surface area contributed by atoms with Crippen LogP contribution in [0.15, 0.2) is 47.7 Å². The third kappa shape index (κ3) is 3.67. The molecule has 1 aliphatic rings. The summed E-state index contributed by atoms with van der Waals surface area (Å²) < 4.78 is 2.13. The Morgan fingerprint density at radius 1 is 1.14 bits per heavy atom. The summed E-state index contributed by atoms with van der Waals surface area (Å²) in [4.78, 5) is 11.1. The zero-order valence-electron chi connectivity index (χ0n) is 12.9. The highest BCUT2D eigenvalue weighted by molar-refractivity contribution is 5.78. The topological polar surface area (TPSA) is 59.4 Å². The molecular formula is C17H23N5. The van der Waals surface area contributed by atoms with E-state index in [2.05, 4.69) is 43.7 Å². The van der Waals surface area contributed by atoms with E-state index in [-0.39, 0.29) is 0 Å². The van der Waals surface area contributed by atoms with Crippen LogP contribution in [0.2, 0.25) is 0 Å². The van der Waals surface area contributed by atoms with Crippen LogP contribution in [-0.2, 0) is 13.1 Å². The van der Waals surface area contributed by atoms with E-state index in [1.54, 1.807) is 0 Å². The van der Waals surface area contributed by atoms with Crippen LogP contribution in [0.4, 0.5) is 0 Å². The zero-order valence-corrected chi connectivity index (χ0v) is 12.9. The molecule has 0 saturated carbocycles. The number of hydrogen-bond acceptors (Lipinski definition) is 2. The third-order valence-electron chi connectivity index (χ3n) is 4.06. The van der Waals surface area contributed by atoms with E-state index in [9.17, 15) is 0 Å². The van der Waals surface area contributed by atoms with E-state index in [1.807, 2.05) is 18.5 Å². The largest absolute Gasteiger partial charge is 0.370 e. The normalized spacial score (nSPS) is 16.0. The number of nitrogens with zero attached hydrogens (tertiary/aromatic N) is 4. The van der Waals surface area contributed by atoms with Gasteiger partial charge in [0.2, 0.25) is 0 Å². The van der Waals surface area contributed by atoms with Gasteiger partial charge in [-0.25, -0.2) is 9.98 Å². The number of aliphatic imine (C=N–C) groups is 1. The fourth-order valence-corrected chi connectivity index (χ4v) is 2.79. The number of benzene rings is 1. The number of aromatic nitrogens is 2. The summed E-state index contributed by atoms with van der Waals surface area (Å²) in [6, 6.07) is 10.4. The van der Waals surface area contributed by atoms with Gasteiger partial charge >= 0.3 is 0 Å². The van der Waals surface area contributed by atoms with E-state index < -0.39 is 0 Å². The molecule has 0 atom stereocenters. The van der Waals surface area contributed by atoms with Crippen molar-refractivity contribution >= 4 is 5.96 Å².